The Balaban J connectivity index is 2.04. The van der Waals surface area contributed by atoms with Crippen molar-refractivity contribution in [3.63, 3.8) is 0 Å². The zero-order chi connectivity index (χ0) is 13.1. The molecule has 0 fully saturated rings. The van der Waals surface area contributed by atoms with E-state index in [1.54, 1.807) is 24.3 Å². The van der Waals surface area contributed by atoms with Gasteiger partial charge >= 0.3 is 5.97 Å². The molecule has 2 rings (SSSR count). The predicted octanol–water partition coefficient (Wildman–Crippen LogP) is 2.34. The molecular weight excluding hydrogens is 230 g/mol. The van der Waals surface area contributed by atoms with Gasteiger partial charge in [-0.1, -0.05) is 12.1 Å². The van der Waals surface area contributed by atoms with Gasteiger partial charge in [0.15, 0.2) is 0 Å². The van der Waals surface area contributed by atoms with Crippen molar-refractivity contribution in [3.8, 4) is 0 Å². The van der Waals surface area contributed by atoms with E-state index in [2.05, 4.69) is 15.5 Å². The minimum Gasteiger partial charge on any atom is -0.478 e. The van der Waals surface area contributed by atoms with E-state index in [-0.39, 0.29) is 0 Å². The first-order chi connectivity index (χ1) is 8.58. The second kappa shape index (κ2) is 4.91. The smallest absolute Gasteiger partial charge is 0.335 e. The summed E-state index contributed by atoms with van der Waals surface area (Å²) in [4.78, 5) is 10.7. The maximum Gasteiger partial charge on any atom is 0.335 e. The van der Waals surface area contributed by atoms with Crippen LogP contribution < -0.4 is 5.32 Å². The Morgan fingerprint density at radius 3 is 2.50 bits per heavy atom. The van der Waals surface area contributed by atoms with Crippen molar-refractivity contribution in [1.82, 2.24) is 10.2 Å². The third-order valence-electron chi connectivity index (χ3n) is 2.80. The number of carbonyl (C=O) groups is 1. The highest BCUT2D eigenvalue weighted by atomic mass is 16.4. The van der Waals surface area contributed by atoms with Gasteiger partial charge in [0.25, 0.3) is 0 Å². The number of nitrogens with one attached hydrogen (secondary N) is 2. The van der Waals surface area contributed by atoms with Crippen LogP contribution >= 0.6 is 0 Å². The molecule has 94 valence electrons. The summed E-state index contributed by atoms with van der Waals surface area (Å²) in [5.41, 5.74) is 4.25. The number of H-pyrrole nitrogens is 1. The van der Waals surface area contributed by atoms with Gasteiger partial charge in [0, 0.05) is 6.54 Å². The second-order valence-corrected chi connectivity index (χ2v) is 4.16. The van der Waals surface area contributed by atoms with Crippen molar-refractivity contribution < 1.29 is 9.90 Å². The summed E-state index contributed by atoms with van der Waals surface area (Å²) in [5, 5.41) is 19.1. The van der Waals surface area contributed by atoms with Crippen LogP contribution in [0.3, 0.4) is 0 Å². The number of rotatable bonds is 4. The number of aromatic carboxylic acids is 1. The monoisotopic (exact) mass is 245 g/mol. The third-order valence-corrected chi connectivity index (χ3v) is 2.80. The van der Waals surface area contributed by atoms with E-state index in [1.807, 2.05) is 13.8 Å². The highest BCUT2D eigenvalue weighted by molar-refractivity contribution is 5.87. The Labute approximate surface area is 105 Å². The largest absolute Gasteiger partial charge is 0.478 e. The van der Waals surface area contributed by atoms with Gasteiger partial charge in [-0.2, -0.15) is 5.10 Å². The van der Waals surface area contributed by atoms with Crippen LogP contribution in [0.4, 0.5) is 5.69 Å². The van der Waals surface area contributed by atoms with Crippen LogP contribution in [0, 0.1) is 13.8 Å². The van der Waals surface area contributed by atoms with E-state index in [0.717, 1.165) is 22.6 Å². The Hall–Kier alpha value is -2.30. The standard InChI is InChI=1S/C13H15N3O2/c1-8-12(9(2)16-15-8)14-7-10-3-5-11(6-4-10)13(17)18/h3-6,14H,7H2,1-2H3,(H,15,16)(H,17,18). The van der Waals surface area contributed by atoms with Crippen LogP contribution in [0.1, 0.15) is 27.3 Å². The van der Waals surface area contributed by atoms with Crippen LogP contribution in [-0.4, -0.2) is 21.3 Å². The van der Waals surface area contributed by atoms with Gasteiger partial charge in [0.1, 0.15) is 0 Å². The highest BCUT2D eigenvalue weighted by Crippen LogP contribution is 2.17. The first-order valence-electron chi connectivity index (χ1n) is 5.65. The number of hydrogen-bond donors (Lipinski definition) is 3. The number of anilines is 1. The molecule has 0 saturated heterocycles. The lowest BCUT2D eigenvalue weighted by atomic mass is 10.1. The summed E-state index contributed by atoms with van der Waals surface area (Å²) < 4.78 is 0. The van der Waals surface area contributed by atoms with E-state index in [1.165, 1.54) is 0 Å². The average Bonchev–Trinajstić information content (AvgIpc) is 2.67. The fourth-order valence-corrected chi connectivity index (χ4v) is 1.77. The molecule has 0 spiro atoms. The second-order valence-electron chi connectivity index (χ2n) is 4.16. The molecular formula is C13H15N3O2. The van der Waals surface area contributed by atoms with Gasteiger partial charge in [-0.05, 0) is 31.5 Å². The molecule has 0 aliphatic rings. The van der Waals surface area contributed by atoms with Crippen LogP contribution in [0.25, 0.3) is 0 Å². The molecule has 0 aliphatic carbocycles. The first-order valence-corrected chi connectivity index (χ1v) is 5.65. The highest BCUT2D eigenvalue weighted by Gasteiger charge is 2.06. The first kappa shape index (κ1) is 12.2. The predicted molar refractivity (Wildman–Crippen MR) is 68.8 cm³/mol. The number of aryl methyl sites for hydroxylation is 2. The maximum absolute atomic E-state index is 10.7. The SMILES string of the molecule is Cc1n[nH]c(C)c1NCc1ccc(C(=O)O)cc1. The quantitative estimate of drug-likeness (QED) is 0.772. The van der Waals surface area contributed by atoms with Crippen LogP contribution in [0.5, 0.6) is 0 Å². The molecule has 0 radical (unpaired) electrons. The van der Waals surface area contributed by atoms with E-state index < -0.39 is 5.97 Å². The van der Waals surface area contributed by atoms with Gasteiger partial charge < -0.3 is 10.4 Å². The molecule has 5 heteroatoms. The Kier molecular flexibility index (Phi) is 3.32. The van der Waals surface area contributed by atoms with Crippen molar-refractivity contribution in [2.45, 2.75) is 20.4 Å². The lowest BCUT2D eigenvalue weighted by Crippen LogP contribution is -2.02. The van der Waals surface area contributed by atoms with E-state index >= 15 is 0 Å². The van der Waals surface area contributed by atoms with E-state index in [0.29, 0.717) is 12.1 Å². The minimum absolute atomic E-state index is 0.300. The minimum atomic E-state index is -0.906. The van der Waals surface area contributed by atoms with Gasteiger partial charge in [-0.3, -0.25) is 5.10 Å². The fraction of sp³-hybridized carbons (Fsp3) is 0.231. The molecule has 0 bridgehead atoms. The molecule has 1 aromatic heterocycles. The van der Waals surface area contributed by atoms with Crippen molar-refractivity contribution in [2.75, 3.05) is 5.32 Å². The molecule has 1 aromatic carbocycles. The molecule has 18 heavy (non-hydrogen) atoms. The average molecular weight is 245 g/mol. The van der Waals surface area contributed by atoms with Gasteiger partial charge in [-0.25, -0.2) is 4.79 Å². The summed E-state index contributed by atoms with van der Waals surface area (Å²) in [6.45, 7) is 4.52. The maximum atomic E-state index is 10.7. The van der Waals surface area contributed by atoms with Crippen LogP contribution in [0.15, 0.2) is 24.3 Å². The molecule has 0 saturated carbocycles. The Bertz CT molecular complexity index is 539. The molecule has 0 unspecified atom stereocenters. The Morgan fingerprint density at radius 2 is 2.00 bits per heavy atom. The number of aromatic nitrogens is 2. The summed E-state index contributed by atoms with van der Waals surface area (Å²) in [7, 11) is 0. The zero-order valence-corrected chi connectivity index (χ0v) is 10.3. The molecule has 2 aromatic rings. The lowest BCUT2D eigenvalue weighted by molar-refractivity contribution is 0.0697. The topological polar surface area (TPSA) is 78.0 Å². The normalized spacial score (nSPS) is 10.3. The number of aromatic amines is 1. The van der Waals surface area contributed by atoms with Crippen molar-refractivity contribution in [2.24, 2.45) is 0 Å². The van der Waals surface area contributed by atoms with Crippen molar-refractivity contribution in [3.05, 3.63) is 46.8 Å². The number of hydrogen-bond acceptors (Lipinski definition) is 3. The van der Waals surface area contributed by atoms with Crippen molar-refractivity contribution in [1.29, 1.82) is 0 Å². The fourth-order valence-electron chi connectivity index (χ4n) is 1.77. The summed E-state index contributed by atoms with van der Waals surface area (Å²) >= 11 is 0. The molecule has 0 amide bonds. The molecule has 1 heterocycles. The Morgan fingerprint density at radius 1 is 1.33 bits per heavy atom. The third kappa shape index (κ3) is 2.51. The number of benzene rings is 1. The van der Waals surface area contributed by atoms with E-state index in [9.17, 15) is 4.79 Å². The molecule has 5 nitrogen and oxygen atoms in total. The van der Waals surface area contributed by atoms with Crippen LogP contribution in [0.2, 0.25) is 0 Å². The number of carboxylic acids is 1. The van der Waals surface area contributed by atoms with Gasteiger partial charge in [0.05, 0.1) is 22.6 Å². The number of nitrogens with zero attached hydrogens (tertiary/aromatic N) is 1. The van der Waals surface area contributed by atoms with E-state index in [4.69, 9.17) is 5.11 Å². The lowest BCUT2D eigenvalue weighted by Gasteiger charge is -2.06. The van der Waals surface area contributed by atoms with Crippen molar-refractivity contribution >= 4 is 11.7 Å². The van der Waals surface area contributed by atoms with Gasteiger partial charge in [-0.15, -0.1) is 0 Å². The summed E-state index contributed by atoms with van der Waals surface area (Å²) in [5.74, 6) is -0.906. The van der Waals surface area contributed by atoms with Gasteiger partial charge in [0.2, 0.25) is 0 Å². The molecule has 0 aliphatic heterocycles. The zero-order valence-electron chi connectivity index (χ0n) is 10.3. The molecule has 3 N–H and O–H groups in total. The number of carboxylic acid groups (broad SMARTS) is 1. The summed E-state index contributed by atoms with van der Waals surface area (Å²) in [6, 6.07) is 6.82. The van der Waals surface area contributed by atoms with Crippen LogP contribution in [-0.2, 0) is 6.54 Å². The summed E-state index contributed by atoms with van der Waals surface area (Å²) in [6.07, 6.45) is 0. The molecule has 0 atom stereocenters.